The summed E-state index contributed by atoms with van der Waals surface area (Å²) in [6.45, 7) is 0. The second-order valence-electron chi connectivity index (χ2n) is 4.21. The molecule has 0 saturated carbocycles. The lowest BCUT2D eigenvalue weighted by molar-refractivity contribution is 0.0601. The van der Waals surface area contributed by atoms with Crippen LogP contribution in [0.5, 0.6) is 0 Å². The van der Waals surface area contributed by atoms with Crippen LogP contribution >= 0.6 is 0 Å². The topological polar surface area (TPSA) is 59.5 Å². The van der Waals surface area contributed by atoms with E-state index in [2.05, 4.69) is 9.72 Å². The molecule has 2 aromatic rings. The zero-order valence-corrected chi connectivity index (χ0v) is 11.5. The lowest BCUT2D eigenvalue weighted by Gasteiger charge is -2.19. The Morgan fingerprint density at radius 2 is 1.81 bits per heavy atom. The van der Waals surface area contributed by atoms with Gasteiger partial charge in [0.25, 0.3) is 5.91 Å². The van der Waals surface area contributed by atoms with Crippen LogP contribution in [0.3, 0.4) is 0 Å². The van der Waals surface area contributed by atoms with E-state index in [9.17, 15) is 14.0 Å². The molecule has 0 bridgehead atoms. The van der Waals surface area contributed by atoms with Crippen LogP contribution in [0.2, 0.25) is 0 Å². The highest BCUT2D eigenvalue weighted by Gasteiger charge is 2.22. The molecule has 1 aromatic heterocycles. The van der Waals surface area contributed by atoms with Gasteiger partial charge in [0.1, 0.15) is 0 Å². The molecular weight excluding hydrogens is 275 g/mol. The molecule has 0 atom stereocenters. The molecule has 0 fully saturated rings. The SMILES string of the molecule is COC(=O)c1ccccc1N(C)C(=O)c1cccnc1F. The summed E-state index contributed by atoms with van der Waals surface area (Å²) in [7, 11) is 2.71. The Labute approximate surface area is 121 Å². The minimum Gasteiger partial charge on any atom is -0.465 e. The summed E-state index contributed by atoms with van der Waals surface area (Å²) in [5.74, 6) is -2.03. The summed E-state index contributed by atoms with van der Waals surface area (Å²) in [6.07, 6.45) is 1.26. The first-order valence-electron chi connectivity index (χ1n) is 6.12. The number of carbonyl (C=O) groups excluding carboxylic acids is 2. The summed E-state index contributed by atoms with van der Waals surface area (Å²) in [4.78, 5) is 28.7. The average Bonchev–Trinajstić information content (AvgIpc) is 2.53. The second-order valence-corrected chi connectivity index (χ2v) is 4.21. The van der Waals surface area contributed by atoms with Crippen molar-refractivity contribution < 1.29 is 18.7 Å². The number of methoxy groups -OCH3 is 1. The molecule has 0 aliphatic heterocycles. The molecule has 0 aliphatic carbocycles. The van der Waals surface area contributed by atoms with Crippen LogP contribution in [0.25, 0.3) is 0 Å². The van der Waals surface area contributed by atoms with E-state index in [4.69, 9.17) is 0 Å². The molecule has 0 aliphatic rings. The van der Waals surface area contributed by atoms with Gasteiger partial charge in [-0.2, -0.15) is 4.39 Å². The summed E-state index contributed by atoms with van der Waals surface area (Å²) < 4.78 is 18.3. The van der Waals surface area contributed by atoms with Crippen molar-refractivity contribution in [1.82, 2.24) is 4.98 Å². The largest absolute Gasteiger partial charge is 0.465 e. The molecule has 5 nitrogen and oxygen atoms in total. The van der Waals surface area contributed by atoms with E-state index in [-0.39, 0.29) is 11.1 Å². The van der Waals surface area contributed by atoms with Crippen LogP contribution in [0.15, 0.2) is 42.6 Å². The number of anilines is 1. The maximum atomic E-state index is 13.6. The Balaban J connectivity index is 2.41. The van der Waals surface area contributed by atoms with Gasteiger partial charge in [0.2, 0.25) is 5.95 Å². The van der Waals surface area contributed by atoms with Crippen LogP contribution < -0.4 is 4.90 Å². The zero-order chi connectivity index (χ0) is 15.4. The third-order valence-corrected chi connectivity index (χ3v) is 2.96. The normalized spacial score (nSPS) is 10.0. The number of hydrogen-bond donors (Lipinski definition) is 0. The lowest BCUT2D eigenvalue weighted by Crippen LogP contribution is -2.29. The monoisotopic (exact) mass is 288 g/mol. The van der Waals surface area contributed by atoms with E-state index in [0.29, 0.717) is 5.69 Å². The average molecular weight is 288 g/mol. The Morgan fingerprint density at radius 1 is 1.14 bits per heavy atom. The third kappa shape index (κ3) is 2.89. The molecule has 21 heavy (non-hydrogen) atoms. The second kappa shape index (κ2) is 6.13. The van der Waals surface area contributed by atoms with Gasteiger partial charge in [-0.25, -0.2) is 9.78 Å². The van der Waals surface area contributed by atoms with E-state index < -0.39 is 17.8 Å². The number of rotatable bonds is 3. The summed E-state index contributed by atoms with van der Waals surface area (Å²) >= 11 is 0. The van der Waals surface area contributed by atoms with Crippen molar-refractivity contribution in [3.63, 3.8) is 0 Å². The fraction of sp³-hybridized carbons (Fsp3) is 0.133. The number of halogens is 1. The van der Waals surface area contributed by atoms with E-state index >= 15 is 0 Å². The molecule has 0 unspecified atom stereocenters. The Hall–Kier alpha value is -2.76. The van der Waals surface area contributed by atoms with E-state index in [0.717, 1.165) is 0 Å². The first kappa shape index (κ1) is 14.6. The predicted octanol–water partition coefficient (Wildman–Crippen LogP) is 2.28. The number of para-hydroxylation sites is 1. The van der Waals surface area contributed by atoms with Crippen LogP contribution in [-0.2, 0) is 4.74 Å². The van der Waals surface area contributed by atoms with Crippen molar-refractivity contribution in [2.75, 3.05) is 19.1 Å². The zero-order valence-electron chi connectivity index (χ0n) is 11.5. The minimum absolute atomic E-state index is 0.167. The van der Waals surface area contributed by atoms with Crippen LogP contribution in [0.4, 0.5) is 10.1 Å². The predicted molar refractivity (Wildman–Crippen MR) is 74.7 cm³/mol. The van der Waals surface area contributed by atoms with E-state index in [1.54, 1.807) is 18.2 Å². The molecule has 0 spiro atoms. The number of carbonyl (C=O) groups is 2. The molecular formula is C15H13FN2O3. The van der Waals surface area contributed by atoms with Crippen LogP contribution in [0, 0.1) is 5.95 Å². The first-order chi connectivity index (χ1) is 10.1. The van der Waals surface area contributed by atoms with Gasteiger partial charge in [-0.3, -0.25) is 4.79 Å². The maximum Gasteiger partial charge on any atom is 0.339 e. The van der Waals surface area contributed by atoms with Crippen molar-refractivity contribution in [2.24, 2.45) is 0 Å². The third-order valence-electron chi connectivity index (χ3n) is 2.96. The number of esters is 1. The number of benzene rings is 1. The van der Waals surface area contributed by atoms with Gasteiger partial charge >= 0.3 is 5.97 Å². The van der Waals surface area contributed by atoms with Gasteiger partial charge in [-0.15, -0.1) is 0 Å². The lowest BCUT2D eigenvalue weighted by atomic mass is 10.1. The van der Waals surface area contributed by atoms with Gasteiger partial charge in [0, 0.05) is 13.2 Å². The fourth-order valence-electron chi connectivity index (χ4n) is 1.88. The molecule has 1 amide bonds. The Kier molecular flexibility index (Phi) is 4.27. The Bertz CT molecular complexity index is 688. The molecule has 0 saturated heterocycles. The summed E-state index contributed by atoms with van der Waals surface area (Å²) in [5.41, 5.74) is 0.387. The van der Waals surface area contributed by atoms with Gasteiger partial charge < -0.3 is 9.64 Å². The van der Waals surface area contributed by atoms with Crippen LogP contribution in [0.1, 0.15) is 20.7 Å². The Morgan fingerprint density at radius 3 is 2.48 bits per heavy atom. The van der Waals surface area contributed by atoms with E-state index in [1.165, 1.54) is 43.5 Å². The van der Waals surface area contributed by atoms with Crippen molar-refractivity contribution >= 4 is 17.6 Å². The highest BCUT2D eigenvalue weighted by atomic mass is 19.1. The summed E-state index contributed by atoms with van der Waals surface area (Å²) in [6, 6.07) is 9.24. The maximum absolute atomic E-state index is 13.6. The minimum atomic E-state index is -0.857. The highest BCUT2D eigenvalue weighted by Crippen LogP contribution is 2.22. The van der Waals surface area contributed by atoms with Crippen molar-refractivity contribution in [3.8, 4) is 0 Å². The molecule has 108 valence electrons. The number of amides is 1. The fourth-order valence-corrected chi connectivity index (χ4v) is 1.88. The van der Waals surface area contributed by atoms with Crippen LogP contribution in [-0.4, -0.2) is 31.0 Å². The molecule has 1 heterocycles. The summed E-state index contributed by atoms with van der Waals surface area (Å²) in [5, 5.41) is 0. The number of aromatic nitrogens is 1. The smallest absolute Gasteiger partial charge is 0.339 e. The molecule has 1 aromatic carbocycles. The van der Waals surface area contributed by atoms with Gasteiger partial charge in [-0.05, 0) is 24.3 Å². The molecule has 6 heteroatoms. The number of pyridine rings is 1. The first-order valence-corrected chi connectivity index (χ1v) is 6.12. The van der Waals surface area contributed by atoms with Crippen molar-refractivity contribution in [2.45, 2.75) is 0 Å². The van der Waals surface area contributed by atoms with Crippen molar-refractivity contribution in [3.05, 3.63) is 59.7 Å². The molecule has 0 N–H and O–H groups in total. The van der Waals surface area contributed by atoms with E-state index in [1.807, 2.05) is 0 Å². The van der Waals surface area contributed by atoms with Gasteiger partial charge in [-0.1, -0.05) is 12.1 Å². The highest BCUT2D eigenvalue weighted by molar-refractivity contribution is 6.09. The van der Waals surface area contributed by atoms with Gasteiger partial charge in [0.05, 0.1) is 23.9 Å². The number of hydrogen-bond acceptors (Lipinski definition) is 4. The standard InChI is InChI=1S/C15H13FN2O3/c1-18(14(19)11-7-5-9-17-13(11)16)12-8-4-3-6-10(12)15(20)21-2/h3-9H,1-2H3. The number of ether oxygens (including phenoxy) is 1. The number of nitrogens with zero attached hydrogens (tertiary/aromatic N) is 2. The molecule has 2 rings (SSSR count). The van der Waals surface area contributed by atoms with Crippen molar-refractivity contribution in [1.29, 1.82) is 0 Å². The quantitative estimate of drug-likeness (QED) is 0.642. The van der Waals surface area contributed by atoms with Gasteiger partial charge in [0.15, 0.2) is 0 Å². The molecule has 0 radical (unpaired) electrons.